The van der Waals surface area contributed by atoms with Crippen molar-refractivity contribution < 1.29 is 14.6 Å². The van der Waals surface area contributed by atoms with E-state index in [1.54, 1.807) is 6.07 Å². The van der Waals surface area contributed by atoms with Crippen molar-refractivity contribution in [1.29, 1.82) is 0 Å². The molecule has 3 aromatic rings. The van der Waals surface area contributed by atoms with Gasteiger partial charge in [-0.3, -0.25) is 4.90 Å². The van der Waals surface area contributed by atoms with Crippen LogP contribution >= 0.6 is 0 Å². The van der Waals surface area contributed by atoms with E-state index >= 15 is 0 Å². The summed E-state index contributed by atoms with van der Waals surface area (Å²) in [5.74, 6) is 1.82. The van der Waals surface area contributed by atoms with Crippen LogP contribution in [0.4, 0.5) is 0 Å². The van der Waals surface area contributed by atoms with Gasteiger partial charge in [0.2, 0.25) is 0 Å². The Kier molecular flexibility index (Phi) is 8.07. The van der Waals surface area contributed by atoms with Gasteiger partial charge < -0.3 is 24.0 Å². The van der Waals surface area contributed by atoms with E-state index in [4.69, 9.17) is 19.6 Å². The molecule has 1 N–H and O–H groups in total. The van der Waals surface area contributed by atoms with E-state index in [-0.39, 0.29) is 12.0 Å². The van der Waals surface area contributed by atoms with E-state index in [1.807, 2.05) is 16.8 Å². The molecule has 1 unspecified atom stereocenters. The summed E-state index contributed by atoms with van der Waals surface area (Å²) in [5.41, 5.74) is 4.14. The number of fused-ring (bicyclic) bond motifs is 2. The minimum atomic E-state index is -1.20. The largest absolute Gasteiger partial charge is 0.508 e. The number of nitrogens with zero attached hydrogens (tertiary/aromatic N) is 6. The molecule has 0 saturated carbocycles. The third-order valence-electron chi connectivity index (χ3n) is 8.80. The van der Waals surface area contributed by atoms with Crippen LogP contribution in [0.5, 0.6) is 5.75 Å². The third kappa shape index (κ3) is 6.01. The van der Waals surface area contributed by atoms with Crippen molar-refractivity contribution in [3.8, 4) is 17.3 Å². The average molecular weight is 567 g/mol. The Balaban J connectivity index is 1.32. The van der Waals surface area contributed by atoms with Gasteiger partial charge in [0.1, 0.15) is 18.2 Å². The van der Waals surface area contributed by atoms with Crippen molar-refractivity contribution in [3.63, 3.8) is 0 Å². The zero-order valence-corrected chi connectivity index (χ0v) is 25.7. The molecule has 9 nitrogen and oxygen atoms in total. The second-order valence-electron chi connectivity index (χ2n) is 13.3. The number of rotatable bonds is 9. The maximum atomic E-state index is 10.4. The summed E-state index contributed by atoms with van der Waals surface area (Å²) in [5, 5.41) is 16.5. The van der Waals surface area contributed by atoms with Crippen molar-refractivity contribution in [3.05, 3.63) is 29.6 Å². The predicted octanol–water partition coefficient (Wildman–Crippen LogP) is 5.27. The van der Waals surface area contributed by atoms with Gasteiger partial charge in [-0.15, -0.1) is 0 Å². The first-order valence-electron chi connectivity index (χ1n) is 15.2. The van der Waals surface area contributed by atoms with E-state index in [0.29, 0.717) is 6.73 Å². The van der Waals surface area contributed by atoms with E-state index in [0.717, 1.165) is 92.2 Å². The molecule has 2 fully saturated rings. The number of likely N-dealkylation sites (tertiary alicyclic amines) is 1. The Hall–Kier alpha value is -2.24. The number of aromatic hydroxyl groups is 1. The van der Waals surface area contributed by atoms with Crippen molar-refractivity contribution in [1.82, 2.24) is 29.1 Å². The van der Waals surface area contributed by atoms with E-state index < -0.39 is 8.07 Å². The normalized spacial score (nSPS) is 21.4. The Bertz CT molecular complexity index is 1320. The standard InChI is InChI=1S/C30H46N6O3Si/c1-33-12-10-22(11-13-33)18-34-19-25-27(20-34)35(21-38-15-16-40(2,3)4)30(31-25)29-24-17-23(37)8-9-26(24)36(32-29)28-7-5-6-14-39-28/h8-9,17,22,28,37H,5-7,10-16,18-21H2,1-4H3. The lowest BCUT2D eigenvalue weighted by Gasteiger charge is -2.31. The van der Waals surface area contributed by atoms with Crippen LogP contribution in [0.2, 0.25) is 25.7 Å². The summed E-state index contributed by atoms with van der Waals surface area (Å²) in [7, 11) is 1.03. The van der Waals surface area contributed by atoms with Gasteiger partial charge in [0.25, 0.3) is 0 Å². The summed E-state index contributed by atoms with van der Waals surface area (Å²) in [6.07, 6.45) is 5.60. The number of hydrogen-bond donors (Lipinski definition) is 1. The number of hydrogen-bond acceptors (Lipinski definition) is 7. The van der Waals surface area contributed by atoms with Gasteiger partial charge in [0.05, 0.1) is 16.9 Å². The summed E-state index contributed by atoms with van der Waals surface area (Å²) in [4.78, 5) is 10.2. The fraction of sp³-hybridized carbons (Fsp3) is 0.667. The average Bonchev–Trinajstić information content (AvgIpc) is 3.58. The molecule has 6 rings (SSSR count). The van der Waals surface area contributed by atoms with Crippen LogP contribution in [0.15, 0.2) is 18.2 Å². The SMILES string of the molecule is CN1CCC(CN2Cc3nc(-c4nn(C5CCCCO5)c5ccc(O)cc45)n(COCC[Si](C)(C)C)c3C2)CC1. The summed E-state index contributed by atoms with van der Waals surface area (Å²) in [6, 6.07) is 6.64. The van der Waals surface area contributed by atoms with Crippen LogP contribution in [-0.2, 0) is 29.3 Å². The fourth-order valence-corrected chi connectivity index (χ4v) is 7.10. The molecule has 1 atom stereocenters. The van der Waals surface area contributed by atoms with Crippen molar-refractivity contribution in [2.24, 2.45) is 5.92 Å². The van der Waals surface area contributed by atoms with Crippen LogP contribution in [0.25, 0.3) is 22.4 Å². The monoisotopic (exact) mass is 566 g/mol. The van der Waals surface area contributed by atoms with E-state index in [1.165, 1.54) is 31.6 Å². The lowest BCUT2D eigenvalue weighted by molar-refractivity contribution is -0.0365. The van der Waals surface area contributed by atoms with Gasteiger partial charge in [0.15, 0.2) is 12.1 Å². The highest BCUT2D eigenvalue weighted by Crippen LogP contribution is 2.37. The number of ether oxygens (including phenoxy) is 2. The smallest absolute Gasteiger partial charge is 0.163 e. The topological polar surface area (TPSA) is 80.8 Å². The summed E-state index contributed by atoms with van der Waals surface area (Å²) < 4.78 is 16.7. The molecule has 3 aliphatic heterocycles. The molecule has 0 amide bonds. The molecule has 218 valence electrons. The predicted molar refractivity (Wildman–Crippen MR) is 160 cm³/mol. The van der Waals surface area contributed by atoms with Gasteiger partial charge in [-0.05, 0) is 82.4 Å². The van der Waals surface area contributed by atoms with Gasteiger partial charge in [0, 0.05) is 46.3 Å². The fourth-order valence-electron chi connectivity index (χ4n) is 6.34. The first kappa shape index (κ1) is 27.9. The molecule has 5 heterocycles. The highest BCUT2D eigenvalue weighted by atomic mass is 28.3. The van der Waals surface area contributed by atoms with Gasteiger partial charge in [-0.2, -0.15) is 5.10 Å². The second-order valence-corrected chi connectivity index (χ2v) is 19.0. The van der Waals surface area contributed by atoms with Gasteiger partial charge in [-0.25, -0.2) is 9.67 Å². The molecule has 1 aromatic carbocycles. The molecule has 40 heavy (non-hydrogen) atoms. The molecular formula is C30H46N6O3Si. The molecule has 0 aliphatic carbocycles. The number of imidazole rings is 1. The molecule has 0 spiro atoms. The van der Waals surface area contributed by atoms with Gasteiger partial charge >= 0.3 is 0 Å². The highest BCUT2D eigenvalue weighted by Gasteiger charge is 2.32. The quantitative estimate of drug-likeness (QED) is 0.279. The third-order valence-corrected chi connectivity index (χ3v) is 10.5. The molecular weight excluding hydrogens is 520 g/mol. The van der Waals surface area contributed by atoms with Crippen LogP contribution in [0.3, 0.4) is 0 Å². The Morgan fingerprint density at radius 3 is 2.67 bits per heavy atom. The molecule has 2 saturated heterocycles. The number of aromatic nitrogens is 4. The number of phenols is 1. The summed E-state index contributed by atoms with van der Waals surface area (Å²) in [6.45, 7) is 14.4. The maximum Gasteiger partial charge on any atom is 0.163 e. The van der Waals surface area contributed by atoms with Crippen LogP contribution in [0, 0.1) is 5.92 Å². The molecule has 0 radical (unpaired) electrons. The number of piperidine rings is 1. The van der Waals surface area contributed by atoms with Crippen LogP contribution in [-0.4, -0.2) is 82.2 Å². The Morgan fingerprint density at radius 2 is 1.93 bits per heavy atom. The Morgan fingerprint density at radius 1 is 1.10 bits per heavy atom. The molecule has 2 aromatic heterocycles. The highest BCUT2D eigenvalue weighted by molar-refractivity contribution is 6.76. The first-order valence-corrected chi connectivity index (χ1v) is 18.9. The zero-order valence-electron chi connectivity index (χ0n) is 24.7. The van der Waals surface area contributed by atoms with Gasteiger partial charge in [-0.1, -0.05) is 19.6 Å². The van der Waals surface area contributed by atoms with E-state index in [2.05, 4.69) is 41.1 Å². The molecule has 3 aliphatic rings. The minimum absolute atomic E-state index is 0.0946. The second kappa shape index (κ2) is 11.6. The van der Waals surface area contributed by atoms with Crippen molar-refractivity contribution >= 4 is 19.0 Å². The van der Waals surface area contributed by atoms with E-state index in [9.17, 15) is 5.11 Å². The van der Waals surface area contributed by atoms with Crippen molar-refractivity contribution in [2.75, 3.05) is 39.9 Å². The zero-order chi connectivity index (χ0) is 27.9. The summed E-state index contributed by atoms with van der Waals surface area (Å²) >= 11 is 0. The molecule has 0 bridgehead atoms. The number of benzene rings is 1. The maximum absolute atomic E-state index is 10.4. The van der Waals surface area contributed by atoms with Crippen molar-refractivity contribution in [2.45, 2.75) is 83.8 Å². The lowest BCUT2D eigenvalue weighted by atomic mass is 9.97. The minimum Gasteiger partial charge on any atom is -0.508 e. The number of phenolic OH excluding ortho intramolecular Hbond substituents is 1. The first-order chi connectivity index (χ1) is 19.2. The lowest BCUT2D eigenvalue weighted by Crippen LogP contribution is -2.35. The molecule has 10 heteroatoms. The van der Waals surface area contributed by atoms with Crippen LogP contribution in [0.1, 0.15) is 49.7 Å². The Labute approximate surface area is 239 Å². The van der Waals surface area contributed by atoms with Crippen LogP contribution < -0.4 is 0 Å².